The van der Waals surface area contributed by atoms with Gasteiger partial charge in [0.25, 0.3) is 0 Å². The van der Waals surface area contributed by atoms with Crippen molar-refractivity contribution in [2.45, 2.75) is 44.4 Å². The van der Waals surface area contributed by atoms with Gasteiger partial charge in [-0.1, -0.05) is 19.3 Å². The van der Waals surface area contributed by atoms with Gasteiger partial charge in [-0.3, -0.25) is 4.79 Å². The van der Waals surface area contributed by atoms with Crippen LogP contribution in [0.15, 0.2) is 28.3 Å². The average Bonchev–Trinajstić information content (AvgIpc) is 3.26. The number of nitrogens with zero attached hydrogens (tertiary/aromatic N) is 1. The molecule has 2 heterocycles. The Kier molecular flexibility index (Phi) is 6.00. The Morgan fingerprint density at radius 1 is 1.30 bits per heavy atom. The quantitative estimate of drug-likeness (QED) is 0.775. The summed E-state index contributed by atoms with van der Waals surface area (Å²) in [5.41, 5.74) is 2.34. The van der Waals surface area contributed by atoms with Gasteiger partial charge in [0.05, 0.1) is 10.7 Å². The van der Waals surface area contributed by atoms with Crippen LogP contribution in [0.4, 0.5) is 0 Å². The predicted molar refractivity (Wildman–Crippen MR) is 98.0 cm³/mol. The number of carbonyl (C=O) groups excluding carboxylic acids is 1. The third-order valence-electron chi connectivity index (χ3n) is 4.20. The van der Waals surface area contributed by atoms with Gasteiger partial charge < -0.3 is 5.32 Å². The molecule has 3 rings (SSSR count). The van der Waals surface area contributed by atoms with E-state index < -0.39 is 0 Å². The first-order valence-corrected chi connectivity index (χ1v) is 10.1. The Morgan fingerprint density at radius 2 is 2.17 bits per heavy atom. The first-order valence-electron chi connectivity index (χ1n) is 8.23. The van der Waals surface area contributed by atoms with Crippen molar-refractivity contribution in [3.63, 3.8) is 0 Å². The molecule has 0 unspecified atom stereocenters. The molecule has 0 aliphatic heterocycles. The lowest BCUT2D eigenvalue weighted by Gasteiger charge is -2.19. The zero-order valence-corrected chi connectivity index (χ0v) is 14.8. The molecule has 0 spiro atoms. The zero-order valence-electron chi connectivity index (χ0n) is 13.2. The lowest BCUT2D eigenvalue weighted by Crippen LogP contribution is -2.23. The fourth-order valence-electron chi connectivity index (χ4n) is 2.92. The van der Waals surface area contributed by atoms with E-state index in [0.29, 0.717) is 12.5 Å². The Labute approximate surface area is 145 Å². The van der Waals surface area contributed by atoms with E-state index in [-0.39, 0.29) is 5.91 Å². The lowest BCUT2D eigenvalue weighted by atomic mass is 9.87. The summed E-state index contributed by atoms with van der Waals surface area (Å²) < 4.78 is 0. The smallest absolute Gasteiger partial charge is 0.244 e. The predicted octanol–water partition coefficient (Wildman–Crippen LogP) is 4.62. The van der Waals surface area contributed by atoms with Crippen molar-refractivity contribution in [1.29, 1.82) is 0 Å². The fourth-order valence-corrected chi connectivity index (χ4v) is 4.43. The molecule has 0 atom stereocenters. The van der Waals surface area contributed by atoms with Crippen LogP contribution in [0, 0.1) is 0 Å². The van der Waals surface area contributed by atoms with Gasteiger partial charge in [-0.2, -0.15) is 11.3 Å². The normalized spacial score (nSPS) is 16.0. The highest BCUT2D eigenvalue weighted by molar-refractivity contribution is 7.09. The summed E-state index contributed by atoms with van der Waals surface area (Å²) in [6.07, 6.45) is 10.9. The maximum absolute atomic E-state index is 11.8. The second-order valence-electron chi connectivity index (χ2n) is 5.93. The number of nitrogens with one attached hydrogen (secondary N) is 1. The largest absolute Gasteiger partial charge is 0.352 e. The van der Waals surface area contributed by atoms with Crippen LogP contribution in [-0.2, 0) is 11.2 Å². The molecule has 1 aliphatic carbocycles. The van der Waals surface area contributed by atoms with Crippen molar-refractivity contribution >= 4 is 34.7 Å². The van der Waals surface area contributed by atoms with Crippen molar-refractivity contribution < 1.29 is 4.79 Å². The van der Waals surface area contributed by atoms with E-state index in [1.165, 1.54) is 37.8 Å². The van der Waals surface area contributed by atoms with Crippen LogP contribution in [0.25, 0.3) is 6.08 Å². The molecule has 0 radical (unpaired) electrons. The minimum absolute atomic E-state index is 0.0414. The fraction of sp³-hybridized carbons (Fsp3) is 0.444. The number of aromatic nitrogens is 1. The highest BCUT2D eigenvalue weighted by Gasteiger charge is 2.18. The van der Waals surface area contributed by atoms with Crippen molar-refractivity contribution in [3.8, 4) is 0 Å². The molecule has 0 saturated heterocycles. The topological polar surface area (TPSA) is 42.0 Å². The van der Waals surface area contributed by atoms with Crippen LogP contribution < -0.4 is 5.32 Å². The highest BCUT2D eigenvalue weighted by atomic mass is 32.1. The van der Waals surface area contributed by atoms with E-state index in [1.807, 2.05) is 22.9 Å². The number of amides is 1. The van der Waals surface area contributed by atoms with Crippen molar-refractivity contribution in [2.24, 2.45) is 0 Å². The first kappa shape index (κ1) is 16.4. The van der Waals surface area contributed by atoms with E-state index in [4.69, 9.17) is 4.98 Å². The maximum Gasteiger partial charge on any atom is 0.244 e. The molecule has 1 saturated carbocycles. The van der Waals surface area contributed by atoms with Gasteiger partial charge in [-0.05, 0) is 41.3 Å². The van der Waals surface area contributed by atoms with Crippen LogP contribution in [0.5, 0.6) is 0 Å². The number of hydrogen-bond donors (Lipinski definition) is 1. The summed E-state index contributed by atoms with van der Waals surface area (Å²) in [7, 11) is 0. The van der Waals surface area contributed by atoms with Crippen molar-refractivity contribution in [2.75, 3.05) is 6.54 Å². The SMILES string of the molecule is O=C(/C=C/c1ccsc1)NCCc1nc(C2CCCCC2)cs1. The first-order chi connectivity index (χ1) is 11.3. The Balaban J connectivity index is 1.42. The third kappa shape index (κ3) is 5.01. The molecule has 1 N–H and O–H groups in total. The van der Waals surface area contributed by atoms with E-state index in [2.05, 4.69) is 10.7 Å². The van der Waals surface area contributed by atoms with Gasteiger partial charge in [-0.15, -0.1) is 11.3 Å². The molecule has 0 aromatic carbocycles. The summed E-state index contributed by atoms with van der Waals surface area (Å²) in [4.78, 5) is 16.5. The van der Waals surface area contributed by atoms with Crippen LogP contribution in [0.2, 0.25) is 0 Å². The van der Waals surface area contributed by atoms with Crippen LogP contribution in [-0.4, -0.2) is 17.4 Å². The molecule has 1 aliphatic rings. The number of carbonyl (C=O) groups is 1. The molecular weight excluding hydrogens is 324 g/mol. The summed E-state index contributed by atoms with van der Waals surface area (Å²) in [6.45, 7) is 0.643. The molecule has 1 amide bonds. The second kappa shape index (κ2) is 8.41. The van der Waals surface area contributed by atoms with E-state index in [0.717, 1.165) is 17.0 Å². The van der Waals surface area contributed by atoms with E-state index in [9.17, 15) is 4.79 Å². The molecule has 0 bridgehead atoms. The van der Waals surface area contributed by atoms with Gasteiger partial charge >= 0.3 is 0 Å². The summed E-state index contributed by atoms with van der Waals surface area (Å²) in [5.74, 6) is 0.622. The Morgan fingerprint density at radius 3 is 2.96 bits per heavy atom. The zero-order chi connectivity index (χ0) is 15.9. The number of thiophene rings is 1. The van der Waals surface area contributed by atoms with Gasteiger partial charge in [0.2, 0.25) is 5.91 Å². The van der Waals surface area contributed by atoms with Gasteiger partial charge in [0, 0.05) is 30.3 Å². The minimum Gasteiger partial charge on any atom is -0.352 e. The average molecular weight is 347 g/mol. The standard InChI is InChI=1S/C18H22N2OS2/c21-17(7-6-14-9-11-22-12-14)19-10-8-18-20-16(13-23-18)15-4-2-1-3-5-15/h6-7,9,11-13,15H,1-5,8,10H2,(H,19,21)/b7-6+. The number of thiazole rings is 1. The van der Waals surface area contributed by atoms with Crippen LogP contribution >= 0.6 is 22.7 Å². The third-order valence-corrected chi connectivity index (χ3v) is 5.83. The van der Waals surface area contributed by atoms with E-state index >= 15 is 0 Å². The van der Waals surface area contributed by atoms with Crippen molar-refractivity contribution in [3.05, 3.63) is 44.5 Å². The molecule has 122 valence electrons. The number of hydrogen-bond acceptors (Lipinski definition) is 4. The molecule has 23 heavy (non-hydrogen) atoms. The summed E-state index contributed by atoms with van der Waals surface area (Å²) in [5, 5.41) is 10.3. The van der Waals surface area contributed by atoms with Gasteiger partial charge in [0.15, 0.2) is 0 Å². The van der Waals surface area contributed by atoms with E-state index in [1.54, 1.807) is 28.7 Å². The van der Waals surface area contributed by atoms with Crippen molar-refractivity contribution in [1.82, 2.24) is 10.3 Å². The monoisotopic (exact) mass is 346 g/mol. The highest BCUT2D eigenvalue weighted by Crippen LogP contribution is 2.33. The summed E-state index contributed by atoms with van der Waals surface area (Å²) >= 11 is 3.36. The second-order valence-corrected chi connectivity index (χ2v) is 7.65. The Bertz CT molecular complexity index is 640. The number of rotatable bonds is 6. The van der Waals surface area contributed by atoms with Crippen LogP contribution in [0.1, 0.15) is 54.3 Å². The lowest BCUT2D eigenvalue weighted by molar-refractivity contribution is -0.116. The molecule has 5 heteroatoms. The Hall–Kier alpha value is -1.46. The molecule has 1 fully saturated rings. The molecule has 2 aromatic rings. The van der Waals surface area contributed by atoms with Crippen LogP contribution in [0.3, 0.4) is 0 Å². The maximum atomic E-state index is 11.8. The molecule has 2 aromatic heterocycles. The molecule has 3 nitrogen and oxygen atoms in total. The summed E-state index contributed by atoms with van der Waals surface area (Å²) in [6, 6.07) is 2.00. The minimum atomic E-state index is -0.0414. The van der Waals surface area contributed by atoms with Gasteiger partial charge in [0.1, 0.15) is 0 Å². The van der Waals surface area contributed by atoms with Gasteiger partial charge in [-0.25, -0.2) is 4.98 Å². The molecular formula is C18H22N2OS2.